The minimum absolute atomic E-state index is 0.00396. The molecule has 18 heavy (non-hydrogen) atoms. The van der Waals surface area contributed by atoms with E-state index in [2.05, 4.69) is 12.2 Å². The van der Waals surface area contributed by atoms with Gasteiger partial charge in [-0.1, -0.05) is 6.92 Å². The first-order chi connectivity index (χ1) is 8.65. The van der Waals surface area contributed by atoms with Gasteiger partial charge in [-0.25, -0.2) is 4.79 Å². The van der Waals surface area contributed by atoms with Crippen LogP contribution < -0.4 is 5.32 Å². The molecule has 0 aromatic carbocycles. The first kappa shape index (κ1) is 14.7. The minimum atomic E-state index is -1.04. The Hall–Kier alpha value is -1.33. The molecule has 0 bridgehead atoms. The number of hydrogen-bond donors (Lipinski definition) is 2. The highest BCUT2D eigenvalue weighted by atomic mass is 16.5. The molecule has 0 saturated carbocycles. The molecule has 1 unspecified atom stereocenters. The van der Waals surface area contributed by atoms with E-state index >= 15 is 0 Å². The van der Waals surface area contributed by atoms with Crippen LogP contribution in [0.4, 0.5) is 0 Å². The highest BCUT2D eigenvalue weighted by Gasteiger charge is 2.13. The molecular formula is C13H21NO4. The zero-order valence-corrected chi connectivity index (χ0v) is 10.9. The highest BCUT2D eigenvalue weighted by molar-refractivity contribution is 5.84. The molecule has 0 saturated heterocycles. The Morgan fingerprint density at radius 3 is 2.89 bits per heavy atom. The summed E-state index contributed by atoms with van der Waals surface area (Å²) in [6.07, 6.45) is 1.96. The van der Waals surface area contributed by atoms with Crippen LogP contribution in [0.2, 0.25) is 0 Å². The molecule has 5 nitrogen and oxygen atoms in total. The zero-order valence-electron chi connectivity index (χ0n) is 10.9. The lowest BCUT2D eigenvalue weighted by atomic mass is 10.2. The van der Waals surface area contributed by atoms with Crippen molar-refractivity contribution in [1.82, 2.24) is 5.32 Å². The van der Waals surface area contributed by atoms with Gasteiger partial charge in [0.2, 0.25) is 5.76 Å². The van der Waals surface area contributed by atoms with E-state index in [9.17, 15) is 4.79 Å². The molecule has 0 aliphatic carbocycles. The van der Waals surface area contributed by atoms with Gasteiger partial charge < -0.3 is 19.6 Å². The minimum Gasteiger partial charge on any atom is -0.475 e. The number of aromatic carboxylic acids is 1. The van der Waals surface area contributed by atoms with Gasteiger partial charge in [0.05, 0.1) is 6.04 Å². The summed E-state index contributed by atoms with van der Waals surface area (Å²) in [5.41, 5.74) is 0. The Balaban J connectivity index is 2.23. The molecule has 0 radical (unpaired) electrons. The van der Waals surface area contributed by atoms with Crippen molar-refractivity contribution in [3.05, 3.63) is 23.7 Å². The molecule has 1 atom stereocenters. The van der Waals surface area contributed by atoms with Gasteiger partial charge in [0, 0.05) is 13.2 Å². The van der Waals surface area contributed by atoms with Gasteiger partial charge in [-0.15, -0.1) is 0 Å². The van der Waals surface area contributed by atoms with Crippen LogP contribution in [0, 0.1) is 0 Å². The number of furan rings is 1. The van der Waals surface area contributed by atoms with Gasteiger partial charge >= 0.3 is 5.97 Å². The molecule has 5 heteroatoms. The van der Waals surface area contributed by atoms with Crippen molar-refractivity contribution in [3.63, 3.8) is 0 Å². The van der Waals surface area contributed by atoms with Gasteiger partial charge in [0.25, 0.3) is 0 Å². The maximum absolute atomic E-state index is 10.7. The van der Waals surface area contributed by atoms with Crippen LogP contribution >= 0.6 is 0 Å². The Labute approximate surface area is 107 Å². The molecule has 1 heterocycles. The molecular weight excluding hydrogens is 234 g/mol. The maximum Gasteiger partial charge on any atom is 0.371 e. The Kier molecular flexibility index (Phi) is 6.46. The van der Waals surface area contributed by atoms with E-state index in [0.29, 0.717) is 5.76 Å². The molecule has 2 N–H and O–H groups in total. The molecule has 0 aliphatic rings. The van der Waals surface area contributed by atoms with E-state index in [1.165, 1.54) is 6.07 Å². The Morgan fingerprint density at radius 1 is 1.50 bits per heavy atom. The van der Waals surface area contributed by atoms with E-state index in [4.69, 9.17) is 14.3 Å². The van der Waals surface area contributed by atoms with Crippen molar-refractivity contribution in [1.29, 1.82) is 0 Å². The number of nitrogens with one attached hydrogen (secondary N) is 1. The highest BCUT2D eigenvalue weighted by Crippen LogP contribution is 2.16. The quantitative estimate of drug-likeness (QED) is 0.663. The largest absolute Gasteiger partial charge is 0.475 e. The Morgan fingerprint density at radius 2 is 2.28 bits per heavy atom. The van der Waals surface area contributed by atoms with Crippen molar-refractivity contribution in [2.24, 2.45) is 0 Å². The number of rotatable bonds is 9. The average Bonchev–Trinajstić information content (AvgIpc) is 2.83. The fourth-order valence-corrected chi connectivity index (χ4v) is 1.54. The number of ether oxygens (including phenoxy) is 1. The van der Waals surface area contributed by atoms with Gasteiger partial charge in [0.1, 0.15) is 5.76 Å². The number of carboxylic acid groups (broad SMARTS) is 1. The second kappa shape index (κ2) is 7.89. The van der Waals surface area contributed by atoms with Crippen molar-refractivity contribution < 1.29 is 19.1 Å². The number of carbonyl (C=O) groups is 1. The summed E-state index contributed by atoms with van der Waals surface area (Å²) in [7, 11) is 0. The van der Waals surface area contributed by atoms with Gasteiger partial charge in [-0.05, 0) is 38.4 Å². The number of carboxylic acids is 1. The number of hydrogen-bond acceptors (Lipinski definition) is 4. The van der Waals surface area contributed by atoms with Crippen LogP contribution in [0.25, 0.3) is 0 Å². The van der Waals surface area contributed by atoms with E-state index in [-0.39, 0.29) is 11.8 Å². The summed E-state index contributed by atoms with van der Waals surface area (Å²) in [6.45, 7) is 6.38. The summed E-state index contributed by atoms with van der Waals surface area (Å²) in [4.78, 5) is 10.7. The fourth-order valence-electron chi connectivity index (χ4n) is 1.54. The summed E-state index contributed by atoms with van der Waals surface area (Å²) < 4.78 is 10.6. The maximum atomic E-state index is 10.7. The van der Waals surface area contributed by atoms with Crippen molar-refractivity contribution in [2.75, 3.05) is 19.8 Å². The lowest BCUT2D eigenvalue weighted by Crippen LogP contribution is -2.20. The van der Waals surface area contributed by atoms with Crippen LogP contribution in [-0.2, 0) is 4.74 Å². The van der Waals surface area contributed by atoms with E-state index in [1.807, 2.05) is 6.92 Å². The van der Waals surface area contributed by atoms with Crippen LogP contribution in [0.3, 0.4) is 0 Å². The molecule has 102 valence electrons. The third-order valence-electron chi connectivity index (χ3n) is 2.53. The van der Waals surface area contributed by atoms with Gasteiger partial charge in [0.15, 0.2) is 0 Å². The van der Waals surface area contributed by atoms with Gasteiger partial charge in [-0.2, -0.15) is 0 Å². The predicted octanol–water partition coefficient (Wildman–Crippen LogP) is 2.45. The van der Waals surface area contributed by atoms with Crippen LogP contribution in [0.5, 0.6) is 0 Å². The smallest absolute Gasteiger partial charge is 0.371 e. The van der Waals surface area contributed by atoms with Crippen molar-refractivity contribution >= 4 is 5.97 Å². The molecule has 0 spiro atoms. The van der Waals surface area contributed by atoms with E-state index in [1.54, 1.807) is 6.07 Å². The fraction of sp³-hybridized carbons (Fsp3) is 0.615. The summed E-state index contributed by atoms with van der Waals surface area (Å²) in [5, 5.41) is 12.0. The zero-order chi connectivity index (χ0) is 13.4. The van der Waals surface area contributed by atoms with Crippen molar-refractivity contribution in [2.45, 2.75) is 32.7 Å². The SMILES string of the molecule is CCCOCCCNC(C)c1ccc(C(=O)O)o1. The second-order valence-electron chi connectivity index (χ2n) is 4.15. The summed E-state index contributed by atoms with van der Waals surface area (Å²) >= 11 is 0. The normalized spacial score (nSPS) is 12.6. The third kappa shape index (κ3) is 4.89. The molecule has 1 aromatic heterocycles. The lowest BCUT2D eigenvalue weighted by molar-refractivity contribution is 0.0659. The lowest BCUT2D eigenvalue weighted by Gasteiger charge is -2.11. The molecule has 0 amide bonds. The van der Waals surface area contributed by atoms with E-state index < -0.39 is 5.97 Å². The predicted molar refractivity (Wildman–Crippen MR) is 67.8 cm³/mol. The topological polar surface area (TPSA) is 71.7 Å². The third-order valence-corrected chi connectivity index (χ3v) is 2.53. The molecule has 1 aromatic rings. The van der Waals surface area contributed by atoms with Crippen molar-refractivity contribution in [3.8, 4) is 0 Å². The first-order valence-corrected chi connectivity index (χ1v) is 6.29. The second-order valence-corrected chi connectivity index (χ2v) is 4.15. The monoisotopic (exact) mass is 255 g/mol. The van der Waals surface area contributed by atoms with Crippen LogP contribution in [0.1, 0.15) is 49.0 Å². The molecule has 0 aliphatic heterocycles. The van der Waals surface area contributed by atoms with Gasteiger partial charge in [-0.3, -0.25) is 0 Å². The van der Waals surface area contributed by atoms with Crippen LogP contribution in [0.15, 0.2) is 16.5 Å². The molecule has 1 rings (SSSR count). The summed E-state index contributed by atoms with van der Waals surface area (Å²) in [5.74, 6) is -0.423. The summed E-state index contributed by atoms with van der Waals surface area (Å²) in [6, 6.07) is 3.17. The van der Waals surface area contributed by atoms with E-state index in [0.717, 1.165) is 32.6 Å². The standard InChI is InChI=1S/C13H21NO4/c1-3-8-17-9-4-7-14-10(2)11-5-6-12(18-11)13(15)16/h5-6,10,14H,3-4,7-9H2,1-2H3,(H,15,16). The Bertz CT molecular complexity index is 362. The average molecular weight is 255 g/mol. The first-order valence-electron chi connectivity index (χ1n) is 6.29. The molecule has 0 fully saturated rings. The van der Waals surface area contributed by atoms with Crippen LogP contribution in [-0.4, -0.2) is 30.8 Å².